The minimum atomic E-state index is -4.84. The molecule has 1 aliphatic heterocycles. The summed E-state index contributed by atoms with van der Waals surface area (Å²) in [6.45, 7) is 7.29. The van der Waals surface area contributed by atoms with Gasteiger partial charge in [0.15, 0.2) is 11.2 Å². The number of pyridine rings is 1. The van der Waals surface area contributed by atoms with Crippen molar-refractivity contribution in [1.82, 2.24) is 24.4 Å². The van der Waals surface area contributed by atoms with E-state index in [1.807, 2.05) is 6.07 Å². The van der Waals surface area contributed by atoms with E-state index in [2.05, 4.69) is 25.4 Å². The second-order valence-electron chi connectivity index (χ2n) is 10.1. The van der Waals surface area contributed by atoms with Crippen LogP contribution in [0.5, 0.6) is 0 Å². The van der Waals surface area contributed by atoms with E-state index < -0.39 is 35.0 Å². The van der Waals surface area contributed by atoms with Gasteiger partial charge < -0.3 is 15.0 Å². The summed E-state index contributed by atoms with van der Waals surface area (Å²) in [5.41, 5.74) is -0.556. The van der Waals surface area contributed by atoms with E-state index in [9.17, 15) is 26.7 Å². The third-order valence-corrected chi connectivity index (χ3v) is 6.92. The van der Waals surface area contributed by atoms with Crippen molar-refractivity contribution in [2.75, 3.05) is 36.5 Å². The van der Waals surface area contributed by atoms with Crippen LogP contribution in [-0.4, -0.2) is 62.8 Å². The average molecular weight is 564 g/mol. The van der Waals surface area contributed by atoms with Gasteiger partial charge in [0, 0.05) is 24.8 Å². The van der Waals surface area contributed by atoms with Crippen LogP contribution in [0.3, 0.4) is 0 Å². The van der Waals surface area contributed by atoms with Gasteiger partial charge in [-0.2, -0.15) is 27.8 Å². The molecule has 212 valence electrons. The van der Waals surface area contributed by atoms with Crippen molar-refractivity contribution in [3.05, 3.63) is 59.3 Å². The summed E-state index contributed by atoms with van der Waals surface area (Å²) in [5.74, 6) is -2.88. The number of carbonyl (C=O) groups excluding carboxylic acids is 1. The molecule has 0 spiro atoms. The van der Waals surface area contributed by atoms with Crippen LogP contribution >= 0.6 is 0 Å². The molecule has 1 saturated heterocycles. The molecule has 0 aliphatic carbocycles. The monoisotopic (exact) mass is 563 g/mol. The molecular weight excluding hydrogens is 537 g/mol. The summed E-state index contributed by atoms with van der Waals surface area (Å²) in [6, 6.07) is 4.49. The number of aromatic nitrogens is 5. The first-order chi connectivity index (χ1) is 18.8. The summed E-state index contributed by atoms with van der Waals surface area (Å²) < 4.78 is 77.3. The number of anilines is 2. The number of benzene rings is 1. The van der Waals surface area contributed by atoms with Gasteiger partial charge in [-0.3, -0.25) is 4.79 Å². The van der Waals surface area contributed by atoms with Crippen LogP contribution in [0, 0.1) is 25.6 Å². The van der Waals surface area contributed by atoms with E-state index >= 15 is 0 Å². The normalized spacial score (nSPS) is 14.7. The molecule has 4 aromatic rings. The van der Waals surface area contributed by atoms with Gasteiger partial charge >= 0.3 is 6.18 Å². The summed E-state index contributed by atoms with van der Waals surface area (Å²) in [7, 11) is 0. The summed E-state index contributed by atoms with van der Waals surface area (Å²) >= 11 is 0. The van der Waals surface area contributed by atoms with Crippen LogP contribution in [0.25, 0.3) is 16.8 Å². The highest BCUT2D eigenvalue weighted by atomic mass is 19.4. The number of rotatable bonds is 5. The minimum absolute atomic E-state index is 0.0847. The summed E-state index contributed by atoms with van der Waals surface area (Å²) in [4.78, 5) is 19.5. The van der Waals surface area contributed by atoms with E-state index in [1.165, 1.54) is 12.1 Å². The van der Waals surface area contributed by atoms with Crippen molar-refractivity contribution in [2.45, 2.75) is 39.4 Å². The number of nitrogens with one attached hydrogen (secondary N) is 1. The Morgan fingerprint density at radius 1 is 1.07 bits per heavy atom. The lowest BCUT2D eigenvalue weighted by molar-refractivity contribution is -0.208. The number of hydrogen-bond donors (Lipinski definition) is 1. The van der Waals surface area contributed by atoms with Crippen LogP contribution in [0.1, 0.15) is 35.6 Å². The van der Waals surface area contributed by atoms with Crippen molar-refractivity contribution >= 4 is 22.9 Å². The van der Waals surface area contributed by atoms with Gasteiger partial charge in [0.05, 0.1) is 30.8 Å². The second kappa shape index (κ2) is 9.84. The van der Waals surface area contributed by atoms with Crippen LogP contribution in [0.15, 0.2) is 30.6 Å². The molecule has 1 N–H and O–H groups in total. The number of carbonyl (C=O) groups is 1. The number of alkyl halides is 3. The van der Waals surface area contributed by atoms with Crippen LogP contribution < -0.4 is 10.2 Å². The molecule has 1 amide bonds. The largest absolute Gasteiger partial charge is 0.413 e. The van der Waals surface area contributed by atoms with Crippen LogP contribution in [0.2, 0.25) is 0 Å². The number of hydrogen-bond acceptors (Lipinski definition) is 6. The lowest BCUT2D eigenvalue weighted by Gasteiger charge is -2.29. The Hall–Kier alpha value is -4.07. The van der Waals surface area contributed by atoms with E-state index in [-0.39, 0.29) is 10.4 Å². The minimum Gasteiger partial charge on any atom is -0.378 e. The molecule has 14 heteroatoms. The Labute approximate surface area is 225 Å². The van der Waals surface area contributed by atoms with Crippen molar-refractivity contribution < 1.29 is 31.5 Å². The maximum absolute atomic E-state index is 15.0. The van der Waals surface area contributed by atoms with E-state index in [0.29, 0.717) is 60.7 Å². The fraction of sp³-hybridized carbons (Fsp3) is 0.385. The molecular formula is C26H26F5N7O2. The first-order valence-corrected chi connectivity index (χ1v) is 12.4. The van der Waals surface area contributed by atoms with E-state index in [1.54, 1.807) is 24.6 Å². The molecule has 40 heavy (non-hydrogen) atoms. The number of fused-ring (bicyclic) bond motifs is 1. The fourth-order valence-corrected chi connectivity index (χ4v) is 4.52. The Morgan fingerprint density at radius 2 is 1.77 bits per heavy atom. The predicted octanol–water partition coefficient (Wildman–Crippen LogP) is 4.87. The highest BCUT2D eigenvalue weighted by molar-refractivity contribution is 6.04. The standard InChI is InChI=1S/C26H26F5N7O2/c1-14-9-19(27)20(34-24(39)18-12-32-38(22(18)28)25(3,4)26(29,30)31)11-17(14)16-10-21(36-5-7-40-8-6-36)23-33-15(2)35-37(23)13-16/h9-13H,5-8H2,1-4H3,(H,34,39). The molecule has 1 aromatic carbocycles. The third kappa shape index (κ3) is 4.76. The average Bonchev–Trinajstić information content (AvgIpc) is 3.46. The maximum atomic E-state index is 15.0. The zero-order chi connectivity index (χ0) is 29.0. The molecule has 0 radical (unpaired) electrons. The molecule has 9 nitrogen and oxygen atoms in total. The quantitative estimate of drug-likeness (QED) is 0.349. The Morgan fingerprint density at radius 3 is 2.45 bits per heavy atom. The molecule has 0 saturated carbocycles. The molecule has 4 heterocycles. The molecule has 3 aromatic heterocycles. The first-order valence-electron chi connectivity index (χ1n) is 12.4. The number of morpholine rings is 1. The Balaban J connectivity index is 1.52. The second-order valence-corrected chi connectivity index (χ2v) is 10.1. The van der Waals surface area contributed by atoms with Gasteiger partial charge in [-0.05, 0) is 57.0 Å². The predicted molar refractivity (Wildman–Crippen MR) is 136 cm³/mol. The zero-order valence-electron chi connectivity index (χ0n) is 22.1. The smallest absolute Gasteiger partial charge is 0.378 e. The summed E-state index contributed by atoms with van der Waals surface area (Å²) in [5, 5.41) is 10.2. The SMILES string of the molecule is Cc1nc2c(N3CCOCC3)cc(-c3cc(NC(=O)c4cnn(C(C)(C)C(F)(F)F)c4F)c(F)cc3C)cn2n1. The van der Waals surface area contributed by atoms with Crippen molar-refractivity contribution in [1.29, 1.82) is 0 Å². The third-order valence-electron chi connectivity index (χ3n) is 6.92. The molecule has 1 aliphatic rings. The highest BCUT2D eigenvalue weighted by Crippen LogP contribution is 2.37. The van der Waals surface area contributed by atoms with Gasteiger partial charge in [-0.1, -0.05) is 0 Å². The van der Waals surface area contributed by atoms with Gasteiger partial charge in [0.1, 0.15) is 17.2 Å². The van der Waals surface area contributed by atoms with Crippen LogP contribution in [0.4, 0.5) is 33.3 Å². The molecule has 1 fully saturated rings. The van der Waals surface area contributed by atoms with Gasteiger partial charge in [-0.25, -0.2) is 18.6 Å². The zero-order valence-corrected chi connectivity index (χ0v) is 22.1. The van der Waals surface area contributed by atoms with Gasteiger partial charge in [0.25, 0.3) is 5.91 Å². The van der Waals surface area contributed by atoms with Gasteiger partial charge in [0.2, 0.25) is 5.95 Å². The molecule has 0 bridgehead atoms. The fourth-order valence-electron chi connectivity index (χ4n) is 4.52. The molecule has 0 unspecified atom stereocenters. The lowest BCUT2D eigenvalue weighted by atomic mass is 10.00. The van der Waals surface area contributed by atoms with Crippen molar-refractivity contribution in [3.63, 3.8) is 0 Å². The summed E-state index contributed by atoms with van der Waals surface area (Å²) in [6.07, 6.45) is -2.43. The Bertz CT molecular complexity index is 1600. The number of ether oxygens (including phenoxy) is 1. The van der Waals surface area contributed by atoms with Crippen LogP contribution in [-0.2, 0) is 10.3 Å². The first kappa shape index (κ1) is 27.5. The maximum Gasteiger partial charge on any atom is 0.413 e. The number of nitrogens with zero attached hydrogens (tertiary/aromatic N) is 6. The lowest BCUT2D eigenvalue weighted by Crippen LogP contribution is -2.43. The topological polar surface area (TPSA) is 89.6 Å². The van der Waals surface area contributed by atoms with Gasteiger partial charge in [-0.15, -0.1) is 0 Å². The van der Waals surface area contributed by atoms with E-state index in [4.69, 9.17) is 4.74 Å². The number of aryl methyl sites for hydroxylation is 2. The van der Waals surface area contributed by atoms with E-state index in [0.717, 1.165) is 19.5 Å². The number of halogens is 5. The van der Waals surface area contributed by atoms with Crippen molar-refractivity contribution in [3.8, 4) is 11.1 Å². The van der Waals surface area contributed by atoms with Crippen molar-refractivity contribution in [2.24, 2.45) is 0 Å². The molecule has 5 rings (SSSR count). The molecule has 0 atom stereocenters. The Kier molecular flexibility index (Phi) is 6.76. The number of amides is 1. The highest BCUT2D eigenvalue weighted by Gasteiger charge is 2.51.